The Morgan fingerprint density at radius 3 is 2.30 bits per heavy atom. The lowest BCUT2D eigenvalue weighted by atomic mass is 10.3. The summed E-state index contributed by atoms with van der Waals surface area (Å²) in [4.78, 5) is 0.136. The molecule has 0 atom stereocenters. The van der Waals surface area contributed by atoms with Crippen LogP contribution in [0.25, 0.3) is 0 Å². The standard InChI is InChI=1S/C13H11Cl2NO3S/c1-20(17,18)9-3-5-13(12(16)7-9)19-8-2-4-10(14)11(15)6-8/h2-7H,16H2,1H3. The van der Waals surface area contributed by atoms with Gasteiger partial charge in [-0.3, -0.25) is 0 Å². The summed E-state index contributed by atoms with van der Waals surface area (Å²) < 4.78 is 28.4. The van der Waals surface area contributed by atoms with Crippen molar-refractivity contribution >= 4 is 38.7 Å². The van der Waals surface area contributed by atoms with Crippen LogP contribution >= 0.6 is 23.2 Å². The van der Waals surface area contributed by atoms with Crippen molar-refractivity contribution in [2.45, 2.75) is 4.90 Å². The average molecular weight is 332 g/mol. The fourth-order valence-corrected chi connectivity index (χ4v) is 2.46. The second kappa shape index (κ2) is 5.52. The van der Waals surface area contributed by atoms with Crippen LogP contribution in [0, 0.1) is 0 Å². The molecule has 0 fully saturated rings. The topological polar surface area (TPSA) is 69.4 Å². The van der Waals surface area contributed by atoms with Gasteiger partial charge in [-0.1, -0.05) is 23.2 Å². The van der Waals surface area contributed by atoms with Gasteiger partial charge in [0.2, 0.25) is 0 Å². The summed E-state index contributed by atoms with van der Waals surface area (Å²) in [6.07, 6.45) is 1.11. The minimum atomic E-state index is -3.30. The molecule has 0 unspecified atom stereocenters. The molecule has 0 saturated heterocycles. The van der Waals surface area contributed by atoms with Gasteiger partial charge in [0.05, 0.1) is 20.6 Å². The Kier molecular flexibility index (Phi) is 4.13. The van der Waals surface area contributed by atoms with E-state index in [4.69, 9.17) is 33.7 Å². The summed E-state index contributed by atoms with van der Waals surface area (Å²) in [6, 6.07) is 9.06. The Bertz CT molecular complexity index is 760. The number of hydrogen-bond acceptors (Lipinski definition) is 4. The fourth-order valence-electron chi connectivity index (χ4n) is 1.52. The van der Waals surface area contributed by atoms with Gasteiger partial charge in [0, 0.05) is 12.3 Å². The predicted octanol–water partition coefficient (Wildman–Crippen LogP) is 3.77. The van der Waals surface area contributed by atoms with E-state index in [1.807, 2.05) is 0 Å². The second-order valence-corrected chi connectivity index (χ2v) is 6.98. The van der Waals surface area contributed by atoms with Gasteiger partial charge in [-0.25, -0.2) is 8.42 Å². The predicted molar refractivity (Wildman–Crippen MR) is 80.5 cm³/mol. The molecule has 0 aromatic heterocycles. The van der Waals surface area contributed by atoms with Gasteiger partial charge in [0.25, 0.3) is 0 Å². The van der Waals surface area contributed by atoms with Crippen molar-refractivity contribution in [1.82, 2.24) is 0 Å². The Balaban J connectivity index is 2.32. The summed E-state index contributed by atoms with van der Waals surface area (Å²) in [5.41, 5.74) is 6.01. The van der Waals surface area contributed by atoms with Gasteiger partial charge < -0.3 is 10.5 Å². The maximum Gasteiger partial charge on any atom is 0.175 e. The summed E-state index contributed by atoms with van der Waals surface area (Å²) in [7, 11) is -3.30. The van der Waals surface area contributed by atoms with E-state index in [1.165, 1.54) is 18.2 Å². The minimum absolute atomic E-state index is 0.136. The van der Waals surface area contributed by atoms with Crippen molar-refractivity contribution in [3.05, 3.63) is 46.4 Å². The number of hydrogen-bond donors (Lipinski definition) is 1. The molecule has 0 heterocycles. The van der Waals surface area contributed by atoms with E-state index >= 15 is 0 Å². The van der Waals surface area contributed by atoms with Crippen LogP contribution in [0.15, 0.2) is 41.3 Å². The molecule has 20 heavy (non-hydrogen) atoms. The van der Waals surface area contributed by atoms with Crippen molar-refractivity contribution in [2.75, 3.05) is 12.0 Å². The highest BCUT2D eigenvalue weighted by atomic mass is 35.5. The molecular weight excluding hydrogens is 321 g/mol. The number of benzene rings is 2. The first-order valence-corrected chi connectivity index (χ1v) is 8.14. The molecule has 0 amide bonds. The number of ether oxygens (including phenoxy) is 1. The molecule has 7 heteroatoms. The van der Waals surface area contributed by atoms with Gasteiger partial charge in [-0.15, -0.1) is 0 Å². The molecule has 2 N–H and O–H groups in total. The van der Waals surface area contributed by atoms with E-state index in [0.717, 1.165) is 6.26 Å². The summed E-state index contributed by atoms with van der Waals surface area (Å²) in [6.45, 7) is 0. The van der Waals surface area contributed by atoms with Crippen LogP contribution in [0.5, 0.6) is 11.5 Å². The van der Waals surface area contributed by atoms with Crippen LogP contribution < -0.4 is 10.5 Å². The van der Waals surface area contributed by atoms with Crippen LogP contribution in [-0.4, -0.2) is 14.7 Å². The van der Waals surface area contributed by atoms with Gasteiger partial charge >= 0.3 is 0 Å². The van der Waals surface area contributed by atoms with Crippen molar-refractivity contribution in [3.8, 4) is 11.5 Å². The second-order valence-electron chi connectivity index (χ2n) is 4.15. The van der Waals surface area contributed by atoms with Gasteiger partial charge in [0.1, 0.15) is 11.5 Å². The fraction of sp³-hybridized carbons (Fsp3) is 0.0769. The van der Waals surface area contributed by atoms with Gasteiger partial charge in [-0.05, 0) is 30.3 Å². The van der Waals surface area contributed by atoms with Gasteiger partial charge in [-0.2, -0.15) is 0 Å². The Morgan fingerprint density at radius 1 is 1.05 bits per heavy atom. The number of halogens is 2. The maximum atomic E-state index is 11.4. The zero-order valence-electron chi connectivity index (χ0n) is 10.4. The summed E-state index contributed by atoms with van der Waals surface area (Å²) in [5, 5.41) is 0.773. The molecule has 2 aromatic carbocycles. The van der Waals surface area contributed by atoms with Crippen LogP contribution in [0.2, 0.25) is 10.0 Å². The minimum Gasteiger partial charge on any atom is -0.455 e. The Labute approximate surface area is 127 Å². The molecule has 0 saturated carbocycles. The number of nitrogen functional groups attached to an aromatic ring is 1. The SMILES string of the molecule is CS(=O)(=O)c1ccc(Oc2ccc(Cl)c(Cl)c2)c(N)c1. The van der Waals surface area contributed by atoms with Crippen LogP contribution in [0.3, 0.4) is 0 Å². The third-order valence-electron chi connectivity index (χ3n) is 2.53. The quantitative estimate of drug-likeness (QED) is 0.869. The largest absolute Gasteiger partial charge is 0.455 e. The van der Waals surface area contributed by atoms with E-state index in [1.54, 1.807) is 18.2 Å². The Morgan fingerprint density at radius 2 is 1.75 bits per heavy atom. The first-order chi connectivity index (χ1) is 9.27. The zero-order chi connectivity index (χ0) is 14.9. The Hall–Kier alpha value is -1.43. The molecule has 0 radical (unpaired) electrons. The van der Waals surface area contributed by atoms with Crippen LogP contribution in [0.4, 0.5) is 5.69 Å². The molecule has 0 bridgehead atoms. The summed E-state index contributed by atoms with van der Waals surface area (Å²) >= 11 is 11.7. The normalized spacial score (nSPS) is 11.3. The van der Waals surface area contributed by atoms with Gasteiger partial charge in [0.15, 0.2) is 9.84 Å². The van der Waals surface area contributed by atoms with Crippen LogP contribution in [-0.2, 0) is 9.84 Å². The molecule has 2 aromatic rings. The van der Waals surface area contributed by atoms with E-state index < -0.39 is 9.84 Å². The molecule has 0 aliphatic rings. The third-order valence-corrected chi connectivity index (χ3v) is 4.38. The molecule has 4 nitrogen and oxygen atoms in total. The van der Waals surface area contributed by atoms with E-state index in [9.17, 15) is 8.42 Å². The maximum absolute atomic E-state index is 11.4. The van der Waals surface area contributed by atoms with Crippen LogP contribution in [0.1, 0.15) is 0 Å². The van der Waals surface area contributed by atoms with E-state index in [2.05, 4.69) is 0 Å². The van der Waals surface area contributed by atoms with E-state index in [0.29, 0.717) is 21.5 Å². The monoisotopic (exact) mass is 331 g/mol. The number of sulfone groups is 1. The molecule has 106 valence electrons. The number of rotatable bonds is 3. The molecule has 2 rings (SSSR count). The highest BCUT2D eigenvalue weighted by molar-refractivity contribution is 7.90. The van der Waals surface area contributed by atoms with Crippen molar-refractivity contribution in [3.63, 3.8) is 0 Å². The average Bonchev–Trinajstić information content (AvgIpc) is 2.35. The lowest BCUT2D eigenvalue weighted by Crippen LogP contribution is -1.99. The molecule has 0 spiro atoms. The molecule has 0 aliphatic carbocycles. The first kappa shape index (κ1) is 15.0. The number of anilines is 1. The smallest absolute Gasteiger partial charge is 0.175 e. The lowest BCUT2D eigenvalue weighted by Gasteiger charge is -2.10. The first-order valence-electron chi connectivity index (χ1n) is 5.50. The number of nitrogens with two attached hydrogens (primary N) is 1. The molecule has 0 aliphatic heterocycles. The third kappa shape index (κ3) is 3.36. The highest BCUT2D eigenvalue weighted by Gasteiger charge is 2.11. The van der Waals surface area contributed by atoms with Crippen molar-refractivity contribution < 1.29 is 13.2 Å². The zero-order valence-corrected chi connectivity index (χ0v) is 12.8. The lowest BCUT2D eigenvalue weighted by molar-refractivity contribution is 0.484. The molecular formula is C13H11Cl2NO3S. The van der Waals surface area contributed by atoms with E-state index in [-0.39, 0.29) is 10.6 Å². The highest BCUT2D eigenvalue weighted by Crippen LogP contribution is 2.32. The van der Waals surface area contributed by atoms with Crippen molar-refractivity contribution in [2.24, 2.45) is 0 Å². The summed E-state index contributed by atoms with van der Waals surface area (Å²) in [5.74, 6) is 0.800. The van der Waals surface area contributed by atoms with Crippen molar-refractivity contribution in [1.29, 1.82) is 0 Å².